The van der Waals surface area contributed by atoms with Crippen LogP contribution >= 0.6 is 23.2 Å². The summed E-state index contributed by atoms with van der Waals surface area (Å²) in [4.78, 5) is 0. The SMILES string of the molecule is COc1cccc(Cl)c1C1CC(N)c2cc(Cl)ccc2O1. The number of benzene rings is 2. The van der Waals surface area contributed by atoms with Crippen molar-refractivity contribution < 1.29 is 9.47 Å². The van der Waals surface area contributed by atoms with Crippen LogP contribution in [0.25, 0.3) is 0 Å². The van der Waals surface area contributed by atoms with E-state index in [1.807, 2.05) is 30.3 Å². The molecule has 110 valence electrons. The van der Waals surface area contributed by atoms with Gasteiger partial charge in [-0.25, -0.2) is 0 Å². The van der Waals surface area contributed by atoms with Crippen molar-refractivity contribution >= 4 is 23.2 Å². The maximum absolute atomic E-state index is 6.32. The minimum absolute atomic E-state index is 0.154. The standard InChI is InChI=1S/C16H15Cl2NO2/c1-20-14-4-2-3-11(18)16(14)15-8-12(19)10-7-9(17)5-6-13(10)21-15/h2-7,12,15H,8,19H2,1H3. The molecule has 2 atom stereocenters. The Balaban J connectivity index is 2.02. The molecule has 0 radical (unpaired) electrons. The van der Waals surface area contributed by atoms with Gasteiger partial charge < -0.3 is 15.2 Å². The van der Waals surface area contributed by atoms with Crippen molar-refractivity contribution in [3.05, 3.63) is 57.6 Å². The van der Waals surface area contributed by atoms with E-state index < -0.39 is 0 Å². The maximum Gasteiger partial charge on any atom is 0.131 e. The molecule has 0 aliphatic carbocycles. The van der Waals surface area contributed by atoms with Crippen molar-refractivity contribution in [1.82, 2.24) is 0 Å². The Labute approximate surface area is 133 Å². The van der Waals surface area contributed by atoms with Crippen LogP contribution in [-0.4, -0.2) is 7.11 Å². The molecule has 3 nitrogen and oxygen atoms in total. The molecule has 21 heavy (non-hydrogen) atoms. The van der Waals surface area contributed by atoms with Crippen LogP contribution < -0.4 is 15.2 Å². The fraction of sp³-hybridized carbons (Fsp3) is 0.250. The molecule has 0 amide bonds. The third-order valence-electron chi connectivity index (χ3n) is 3.66. The summed E-state index contributed by atoms with van der Waals surface area (Å²) in [6.45, 7) is 0. The number of fused-ring (bicyclic) bond motifs is 1. The number of hydrogen-bond donors (Lipinski definition) is 1. The first kappa shape index (κ1) is 14.5. The minimum Gasteiger partial charge on any atom is -0.496 e. The minimum atomic E-state index is -0.239. The van der Waals surface area contributed by atoms with Crippen LogP contribution in [0.5, 0.6) is 11.5 Å². The lowest BCUT2D eigenvalue weighted by Crippen LogP contribution is -2.24. The maximum atomic E-state index is 6.32. The second-order valence-electron chi connectivity index (χ2n) is 4.99. The van der Waals surface area contributed by atoms with Gasteiger partial charge in [0.05, 0.1) is 17.7 Å². The van der Waals surface area contributed by atoms with Crippen LogP contribution in [0.4, 0.5) is 0 Å². The van der Waals surface area contributed by atoms with Crippen LogP contribution in [0.1, 0.15) is 29.7 Å². The molecule has 2 unspecified atom stereocenters. The van der Waals surface area contributed by atoms with Gasteiger partial charge in [0.1, 0.15) is 17.6 Å². The molecule has 0 bridgehead atoms. The van der Waals surface area contributed by atoms with E-state index in [4.69, 9.17) is 38.4 Å². The van der Waals surface area contributed by atoms with Crippen LogP contribution in [0.3, 0.4) is 0 Å². The number of nitrogens with two attached hydrogens (primary N) is 1. The predicted octanol–water partition coefficient (Wildman–Crippen LogP) is 4.53. The number of methoxy groups -OCH3 is 1. The predicted molar refractivity (Wildman–Crippen MR) is 84.4 cm³/mol. The molecule has 0 saturated carbocycles. The Morgan fingerprint density at radius 1 is 1.24 bits per heavy atom. The molecule has 2 aromatic rings. The molecule has 0 saturated heterocycles. The highest BCUT2D eigenvalue weighted by Crippen LogP contribution is 2.44. The first-order chi connectivity index (χ1) is 10.1. The van der Waals surface area contributed by atoms with Gasteiger partial charge >= 0.3 is 0 Å². The second-order valence-corrected chi connectivity index (χ2v) is 5.83. The van der Waals surface area contributed by atoms with Crippen molar-refractivity contribution in [3.8, 4) is 11.5 Å². The first-order valence-electron chi connectivity index (χ1n) is 6.64. The summed E-state index contributed by atoms with van der Waals surface area (Å²) in [5, 5.41) is 1.27. The summed E-state index contributed by atoms with van der Waals surface area (Å²) in [7, 11) is 1.62. The third-order valence-corrected chi connectivity index (χ3v) is 4.23. The number of ether oxygens (including phenoxy) is 2. The number of rotatable bonds is 2. The summed E-state index contributed by atoms with van der Waals surface area (Å²) in [6.07, 6.45) is 0.380. The molecular formula is C16H15Cl2NO2. The summed E-state index contributed by atoms with van der Waals surface area (Å²) >= 11 is 12.3. The van der Waals surface area contributed by atoms with Crippen molar-refractivity contribution in [2.75, 3.05) is 7.11 Å². The second kappa shape index (κ2) is 5.76. The summed E-state index contributed by atoms with van der Waals surface area (Å²) < 4.78 is 11.5. The van der Waals surface area contributed by atoms with Crippen molar-refractivity contribution in [2.24, 2.45) is 5.73 Å². The first-order valence-corrected chi connectivity index (χ1v) is 7.40. The normalized spacial score (nSPS) is 20.6. The fourth-order valence-electron chi connectivity index (χ4n) is 2.66. The van der Waals surface area contributed by atoms with Crippen LogP contribution in [0, 0.1) is 0 Å². The molecule has 2 N–H and O–H groups in total. The van der Waals surface area contributed by atoms with Crippen LogP contribution in [0.15, 0.2) is 36.4 Å². The lowest BCUT2D eigenvalue weighted by atomic mass is 9.93. The molecule has 0 aromatic heterocycles. The van der Waals surface area contributed by atoms with E-state index in [-0.39, 0.29) is 12.1 Å². The van der Waals surface area contributed by atoms with Gasteiger partial charge in [0.15, 0.2) is 0 Å². The van der Waals surface area contributed by atoms with Crippen molar-refractivity contribution in [3.63, 3.8) is 0 Å². The van der Waals surface area contributed by atoms with E-state index in [2.05, 4.69) is 0 Å². The van der Waals surface area contributed by atoms with Gasteiger partial charge in [-0.3, -0.25) is 0 Å². The summed E-state index contributed by atoms with van der Waals surface area (Å²) in [6, 6.07) is 10.9. The zero-order chi connectivity index (χ0) is 15.0. The highest BCUT2D eigenvalue weighted by atomic mass is 35.5. The van der Waals surface area contributed by atoms with Crippen LogP contribution in [-0.2, 0) is 0 Å². The Morgan fingerprint density at radius 2 is 2.05 bits per heavy atom. The molecular weight excluding hydrogens is 309 g/mol. The van der Waals surface area contributed by atoms with E-state index >= 15 is 0 Å². The lowest BCUT2D eigenvalue weighted by molar-refractivity contribution is 0.158. The largest absolute Gasteiger partial charge is 0.496 e. The monoisotopic (exact) mass is 323 g/mol. The van der Waals surface area contributed by atoms with E-state index in [0.29, 0.717) is 22.2 Å². The molecule has 2 aromatic carbocycles. The average Bonchev–Trinajstić information content (AvgIpc) is 2.47. The Bertz CT molecular complexity index is 675. The Kier molecular flexibility index (Phi) is 3.98. The van der Waals surface area contributed by atoms with Gasteiger partial charge in [0.25, 0.3) is 0 Å². The third kappa shape index (κ3) is 2.69. The molecule has 1 aliphatic rings. The van der Waals surface area contributed by atoms with Crippen LogP contribution in [0.2, 0.25) is 10.0 Å². The Morgan fingerprint density at radius 3 is 2.81 bits per heavy atom. The number of hydrogen-bond acceptors (Lipinski definition) is 3. The van der Waals surface area contributed by atoms with E-state index in [1.54, 1.807) is 13.2 Å². The van der Waals surface area contributed by atoms with Gasteiger partial charge in [-0.15, -0.1) is 0 Å². The van der Waals surface area contributed by atoms with Crippen molar-refractivity contribution in [1.29, 1.82) is 0 Å². The number of halogens is 2. The fourth-order valence-corrected chi connectivity index (χ4v) is 3.13. The Hall–Kier alpha value is -1.42. The van der Waals surface area contributed by atoms with Gasteiger partial charge in [-0.2, -0.15) is 0 Å². The highest BCUT2D eigenvalue weighted by molar-refractivity contribution is 6.31. The van der Waals surface area contributed by atoms with E-state index in [0.717, 1.165) is 16.9 Å². The molecule has 1 aliphatic heterocycles. The zero-order valence-electron chi connectivity index (χ0n) is 11.5. The van der Waals surface area contributed by atoms with Gasteiger partial charge in [0.2, 0.25) is 0 Å². The lowest BCUT2D eigenvalue weighted by Gasteiger charge is -2.31. The van der Waals surface area contributed by atoms with Gasteiger partial charge in [-0.05, 0) is 30.3 Å². The molecule has 1 heterocycles. The molecule has 3 rings (SSSR count). The summed E-state index contributed by atoms with van der Waals surface area (Å²) in [5.74, 6) is 1.45. The van der Waals surface area contributed by atoms with E-state index in [9.17, 15) is 0 Å². The van der Waals surface area contributed by atoms with Gasteiger partial charge in [-0.1, -0.05) is 29.3 Å². The summed E-state index contributed by atoms with van der Waals surface area (Å²) in [5.41, 5.74) is 8.01. The smallest absolute Gasteiger partial charge is 0.131 e. The highest BCUT2D eigenvalue weighted by Gasteiger charge is 2.30. The molecule has 5 heteroatoms. The van der Waals surface area contributed by atoms with E-state index in [1.165, 1.54) is 0 Å². The zero-order valence-corrected chi connectivity index (χ0v) is 13.0. The quantitative estimate of drug-likeness (QED) is 0.883. The van der Waals surface area contributed by atoms with Gasteiger partial charge in [0, 0.05) is 23.0 Å². The topological polar surface area (TPSA) is 44.5 Å². The van der Waals surface area contributed by atoms with Crippen molar-refractivity contribution in [2.45, 2.75) is 18.6 Å². The average molecular weight is 324 g/mol. The molecule has 0 fully saturated rings. The molecule has 0 spiro atoms.